The average molecular weight is 300 g/mol. The molecule has 1 heterocycles. The van der Waals surface area contributed by atoms with Crippen molar-refractivity contribution in [1.82, 2.24) is 5.32 Å². The van der Waals surface area contributed by atoms with Crippen molar-refractivity contribution in [1.29, 1.82) is 0 Å². The van der Waals surface area contributed by atoms with Crippen molar-refractivity contribution < 1.29 is 9.47 Å². The van der Waals surface area contributed by atoms with Gasteiger partial charge in [-0.25, -0.2) is 0 Å². The summed E-state index contributed by atoms with van der Waals surface area (Å²) in [5.41, 5.74) is 1.24. The normalized spacial score (nSPS) is 21.5. The average Bonchev–Trinajstić information content (AvgIpc) is 2.86. The minimum atomic E-state index is 0.307. The SMILES string of the molecule is CNC(c1cc(OC)ccc1Br)C1CCOC1. The third kappa shape index (κ3) is 2.81. The molecule has 0 aromatic heterocycles. The molecule has 2 atom stereocenters. The summed E-state index contributed by atoms with van der Waals surface area (Å²) in [6.45, 7) is 1.69. The molecule has 0 aliphatic carbocycles. The molecular weight excluding hydrogens is 282 g/mol. The van der Waals surface area contributed by atoms with Crippen LogP contribution < -0.4 is 10.1 Å². The van der Waals surface area contributed by atoms with Gasteiger partial charge in [0.25, 0.3) is 0 Å². The fraction of sp³-hybridized carbons (Fsp3) is 0.538. The molecule has 1 aromatic carbocycles. The molecule has 1 saturated heterocycles. The molecule has 3 nitrogen and oxygen atoms in total. The fourth-order valence-corrected chi connectivity index (χ4v) is 2.84. The maximum Gasteiger partial charge on any atom is 0.119 e. The zero-order valence-electron chi connectivity index (χ0n) is 10.2. The zero-order valence-corrected chi connectivity index (χ0v) is 11.8. The third-order valence-corrected chi connectivity index (χ3v) is 4.01. The van der Waals surface area contributed by atoms with Crippen LogP contribution in [-0.4, -0.2) is 27.4 Å². The second-order valence-electron chi connectivity index (χ2n) is 4.28. The second kappa shape index (κ2) is 5.85. The molecule has 0 radical (unpaired) electrons. The topological polar surface area (TPSA) is 30.5 Å². The summed E-state index contributed by atoms with van der Waals surface area (Å²) >= 11 is 3.61. The zero-order chi connectivity index (χ0) is 12.3. The van der Waals surface area contributed by atoms with Crippen molar-refractivity contribution in [2.24, 2.45) is 5.92 Å². The van der Waals surface area contributed by atoms with Crippen molar-refractivity contribution in [3.8, 4) is 5.75 Å². The quantitative estimate of drug-likeness (QED) is 0.927. The smallest absolute Gasteiger partial charge is 0.119 e. The highest BCUT2D eigenvalue weighted by Gasteiger charge is 2.27. The first kappa shape index (κ1) is 12.9. The fourth-order valence-electron chi connectivity index (χ4n) is 2.35. The first-order valence-corrected chi connectivity index (χ1v) is 6.64. The van der Waals surface area contributed by atoms with E-state index in [0.29, 0.717) is 12.0 Å². The van der Waals surface area contributed by atoms with Crippen LogP contribution in [0.1, 0.15) is 18.0 Å². The number of halogens is 1. The number of hydrogen-bond donors (Lipinski definition) is 1. The lowest BCUT2D eigenvalue weighted by atomic mass is 9.92. The van der Waals surface area contributed by atoms with Gasteiger partial charge >= 0.3 is 0 Å². The van der Waals surface area contributed by atoms with Gasteiger partial charge in [0.2, 0.25) is 0 Å². The van der Waals surface area contributed by atoms with Gasteiger partial charge in [-0.05, 0) is 37.2 Å². The van der Waals surface area contributed by atoms with Gasteiger partial charge in [-0.3, -0.25) is 0 Å². The van der Waals surface area contributed by atoms with Crippen molar-refractivity contribution in [3.05, 3.63) is 28.2 Å². The molecule has 0 amide bonds. The Kier molecular flexibility index (Phi) is 4.42. The summed E-state index contributed by atoms with van der Waals surface area (Å²) in [5.74, 6) is 1.42. The van der Waals surface area contributed by atoms with Crippen LogP contribution in [-0.2, 0) is 4.74 Å². The third-order valence-electron chi connectivity index (χ3n) is 3.29. The largest absolute Gasteiger partial charge is 0.497 e. The molecule has 4 heteroatoms. The van der Waals surface area contributed by atoms with Crippen molar-refractivity contribution in [3.63, 3.8) is 0 Å². The molecule has 2 unspecified atom stereocenters. The van der Waals surface area contributed by atoms with Gasteiger partial charge in [0.15, 0.2) is 0 Å². The number of rotatable bonds is 4. The van der Waals surface area contributed by atoms with E-state index in [0.717, 1.165) is 29.9 Å². The standard InChI is InChI=1S/C13H18BrNO2/c1-15-13(9-5-6-17-8-9)11-7-10(16-2)3-4-12(11)14/h3-4,7,9,13,15H,5-6,8H2,1-2H3. The van der Waals surface area contributed by atoms with E-state index in [2.05, 4.69) is 27.3 Å². The summed E-state index contributed by atoms with van der Waals surface area (Å²) in [4.78, 5) is 0. The number of ether oxygens (including phenoxy) is 2. The highest BCUT2D eigenvalue weighted by atomic mass is 79.9. The molecule has 0 spiro atoms. The van der Waals surface area contributed by atoms with Crippen molar-refractivity contribution in [2.45, 2.75) is 12.5 Å². The Hall–Kier alpha value is -0.580. The van der Waals surface area contributed by atoms with E-state index in [1.54, 1.807) is 7.11 Å². The van der Waals surface area contributed by atoms with Gasteiger partial charge in [0.05, 0.1) is 13.7 Å². The molecule has 1 aliphatic rings. The maximum absolute atomic E-state index is 5.47. The molecular formula is C13H18BrNO2. The molecule has 1 aliphatic heterocycles. The van der Waals surface area contributed by atoms with Crippen molar-refractivity contribution in [2.75, 3.05) is 27.4 Å². The predicted molar refractivity (Wildman–Crippen MR) is 71.4 cm³/mol. The minimum absolute atomic E-state index is 0.307. The summed E-state index contributed by atoms with van der Waals surface area (Å²) in [7, 11) is 3.69. The minimum Gasteiger partial charge on any atom is -0.497 e. The molecule has 0 saturated carbocycles. The van der Waals surface area contributed by atoms with Crippen LogP contribution in [0.2, 0.25) is 0 Å². The summed E-state index contributed by atoms with van der Waals surface area (Å²) in [5, 5.41) is 3.39. The first-order chi connectivity index (χ1) is 8.26. The predicted octanol–water partition coefficient (Wildman–Crippen LogP) is 2.75. The second-order valence-corrected chi connectivity index (χ2v) is 5.13. The Morgan fingerprint density at radius 3 is 2.94 bits per heavy atom. The highest BCUT2D eigenvalue weighted by molar-refractivity contribution is 9.10. The number of hydrogen-bond acceptors (Lipinski definition) is 3. The lowest BCUT2D eigenvalue weighted by molar-refractivity contribution is 0.177. The Morgan fingerprint density at radius 2 is 2.35 bits per heavy atom. The van der Waals surface area contributed by atoms with Crippen LogP contribution in [0.5, 0.6) is 5.75 Å². The summed E-state index contributed by atoms with van der Waals surface area (Å²) < 4.78 is 11.9. The van der Waals surface area contributed by atoms with Gasteiger partial charge in [-0.15, -0.1) is 0 Å². The van der Waals surface area contributed by atoms with E-state index in [9.17, 15) is 0 Å². The molecule has 2 rings (SSSR count). The van der Waals surface area contributed by atoms with Gasteiger partial charge in [0, 0.05) is 23.0 Å². The van der Waals surface area contributed by atoms with E-state index in [1.807, 2.05) is 19.2 Å². The maximum atomic E-state index is 5.47. The van der Waals surface area contributed by atoms with Crippen LogP contribution in [0.15, 0.2) is 22.7 Å². The van der Waals surface area contributed by atoms with E-state index in [4.69, 9.17) is 9.47 Å². The van der Waals surface area contributed by atoms with Crippen molar-refractivity contribution >= 4 is 15.9 Å². The van der Waals surface area contributed by atoms with E-state index in [-0.39, 0.29) is 0 Å². The molecule has 1 N–H and O–H groups in total. The Balaban J connectivity index is 2.28. The lowest BCUT2D eigenvalue weighted by Gasteiger charge is -2.24. The van der Waals surface area contributed by atoms with Crippen LogP contribution >= 0.6 is 15.9 Å². The van der Waals surface area contributed by atoms with Crippen LogP contribution in [0.3, 0.4) is 0 Å². The van der Waals surface area contributed by atoms with Gasteiger partial charge in [0.1, 0.15) is 5.75 Å². The number of methoxy groups -OCH3 is 1. The lowest BCUT2D eigenvalue weighted by Crippen LogP contribution is -2.25. The highest BCUT2D eigenvalue weighted by Crippen LogP contribution is 2.34. The summed E-state index contributed by atoms with van der Waals surface area (Å²) in [6.07, 6.45) is 1.11. The van der Waals surface area contributed by atoms with E-state index in [1.165, 1.54) is 5.56 Å². The van der Waals surface area contributed by atoms with Gasteiger partial charge in [-0.1, -0.05) is 15.9 Å². The molecule has 94 valence electrons. The molecule has 17 heavy (non-hydrogen) atoms. The Bertz CT molecular complexity index is 378. The van der Waals surface area contributed by atoms with Crippen LogP contribution in [0, 0.1) is 5.92 Å². The van der Waals surface area contributed by atoms with Crippen LogP contribution in [0.4, 0.5) is 0 Å². The summed E-state index contributed by atoms with van der Waals surface area (Å²) in [6, 6.07) is 6.39. The molecule has 1 fully saturated rings. The Labute approximate surface area is 111 Å². The van der Waals surface area contributed by atoms with E-state index < -0.39 is 0 Å². The number of nitrogens with one attached hydrogen (secondary N) is 1. The van der Waals surface area contributed by atoms with Gasteiger partial charge < -0.3 is 14.8 Å². The number of benzene rings is 1. The van der Waals surface area contributed by atoms with E-state index >= 15 is 0 Å². The molecule has 0 bridgehead atoms. The Morgan fingerprint density at radius 1 is 1.53 bits per heavy atom. The van der Waals surface area contributed by atoms with Gasteiger partial charge in [-0.2, -0.15) is 0 Å². The van der Waals surface area contributed by atoms with Crippen LogP contribution in [0.25, 0.3) is 0 Å². The molecule has 1 aromatic rings. The first-order valence-electron chi connectivity index (χ1n) is 5.84. The monoisotopic (exact) mass is 299 g/mol.